The van der Waals surface area contributed by atoms with Crippen LogP contribution in [0.1, 0.15) is 6.92 Å². The molecule has 18 heavy (non-hydrogen) atoms. The summed E-state index contributed by atoms with van der Waals surface area (Å²) in [6.07, 6.45) is -0.746. The molecular weight excluding hydrogens is 236 g/mol. The summed E-state index contributed by atoms with van der Waals surface area (Å²) in [7, 11) is 0. The Morgan fingerprint density at radius 1 is 1.33 bits per heavy atom. The van der Waals surface area contributed by atoms with Crippen LogP contribution in [0.5, 0.6) is 0 Å². The van der Waals surface area contributed by atoms with Gasteiger partial charge in [0.25, 0.3) is 5.91 Å². The maximum absolute atomic E-state index is 12.1. The van der Waals surface area contributed by atoms with Crippen LogP contribution in [0.25, 0.3) is 0 Å². The zero-order valence-electron chi connectivity index (χ0n) is 10.9. The lowest BCUT2D eigenvalue weighted by atomic mass is 10.2. The van der Waals surface area contributed by atoms with Crippen molar-refractivity contribution in [3.05, 3.63) is 0 Å². The Labute approximate surface area is 107 Å². The van der Waals surface area contributed by atoms with Crippen molar-refractivity contribution in [3.63, 3.8) is 0 Å². The van der Waals surface area contributed by atoms with Crippen LogP contribution in [0, 0.1) is 0 Å². The van der Waals surface area contributed by atoms with E-state index in [1.165, 1.54) is 0 Å². The number of nitrogens with zero attached hydrogens (tertiary/aromatic N) is 2. The van der Waals surface area contributed by atoms with Crippen molar-refractivity contribution < 1.29 is 19.4 Å². The Balaban J connectivity index is 1.76. The fraction of sp³-hybridized carbons (Fsp3) is 0.917. The standard InChI is InChI=1S/C12H22N2O4/c1-10(15)8-13-2-4-14(5-3-13)12(16)11-9-17-6-7-18-11/h10-11,15H,2-9H2,1H3/t10-,11+/m0/s1. The molecule has 0 aliphatic carbocycles. The first-order chi connectivity index (χ1) is 8.66. The lowest BCUT2D eigenvalue weighted by Gasteiger charge is -2.37. The van der Waals surface area contributed by atoms with Gasteiger partial charge in [-0.15, -0.1) is 0 Å². The van der Waals surface area contributed by atoms with Gasteiger partial charge in [-0.2, -0.15) is 0 Å². The Morgan fingerprint density at radius 2 is 2.06 bits per heavy atom. The molecule has 2 aliphatic rings. The number of aliphatic hydroxyl groups excluding tert-OH is 1. The Bertz CT molecular complexity index is 271. The summed E-state index contributed by atoms with van der Waals surface area (Å²) in [5.74, 6) is 0.0337. The molecule has 0 bridgehead atoms. The van der Waals surface area contributed by atoms with Crippen molar-refractivity contribution in [2.24, 2.45) is 0 Å². The summed E-state index contributed by atoms with van der Waals surface area (Å²) in [6, 6.07) is 0. The average Bonchev–Trinajstić information content (AvgIpc) is 2.39. The number of hydrogen-bond donors (Lipinski definition) is 1. The molecule has 2 atom stereocenters. The Kier molecular flexibility index (Phi) is 4.94. The first kappa shape index (κ1) is 13.7. The maximum atomic E-state index is 12.1. The molecule has 6 heteroatoms. The predicted octanol–water partition coefficient (Wildman–Crippen LogP) is -1.07. The fourth-order valence-electron chi connectivity index (χ4n) is 2.36. The largest absolute Gasteiger partial charge is 0.392 e. The van der Waals surface area contributed by atoms with Crippen molar-refractivity contribution in [1.29, 1.82) is 0 Å². The van der Waals surface area contributed by atoms with E-state index in [1.807, 2.05) is 4.90 Å². The number of carbonyl (C=O) groups excluding carboxylic acids is 1. The van der Waals surface area contributed by atoms with Crippen molar-refractivity contribution in [3.8, 4) is 0 Å². The SMILES string of the molecule is C[C@H](O)CN1CCN(C(=O)[C@H]2COCCO2)CC1. The second kappa shape index (κ2) is 6.47. The molecule has 0 aromatic heterocycles. The van der Waals surface area contributed by atoms with Crippen LogP contribution >= 0.6 is 0 Å². The monoisotopic (exact) mass is 258 g/mol. The van der Waals surface area contributed by atoms with E-state index in [2.05, 4.69) is 4.90 Å². The number of piperazine rings is 1. The van der Waals surface area contributed by atoms with Crippen LogP contribution in [-0.2, 0) is 14.3 Å². The van der Waals surface area contributed by atoms with E-state index in [4.69, 9.17) is 9.47 Å². The van der Waals surface area contributed by atoms with Crippen LogP contribution in [0.2, 0.25) is 0 Å². The highest BCUT2D eigenvalue weighted by atomic mass is 16.6. The van der Waals surface area contributed by atoms with Crippen molar-refractivity contribution in [1.82, 2.24) is 9.80 Å². The molecule has 2 fully saturated rings. The van der Waals surface area contributed by atoms with Crippen LogP contribution in [0.4, 0.5) is 0 Å². The van der Waals surface area contributed by atoms with Crippen molar-refractivity contribution >= 4 is 5.91 Å². The fourth-order valence-corrected chi connectivity index (χ4v) is 2.36. The van der Waals surface area contributed by atoms with Gasteiger partial charge in [0.1, 0.15) is 0 Å². The number of rotatable bonds is 3. The van der Waals surface area contributed by atoms with Crippen LogP contribution in [0.15, 0.2) is 0 Å². The zero-order chi connectivity index (χ0) is 13.0. The van der Waals surface area contributed by atoms with Gasteiger partial charge < -0.3 is 19.5 Å². The Morgan fingerprint density at radius 3 is 2.61 bits per heavy atom. The number of hydrogen-bond acceptors (Lipinski definition) is 5. The average molecular weight is 258 g/mol. The second-order valence-corrected chi connectivity index (χ2v) is 4.91. The van der Waals surface area contributed by atoms with E-state index in [9.17, 15) is 9.90 Å². The van der Waals surface area contributed by atoms with Gasteiger partial charge in [0, 0.05) is 32.7 Å². The van der Waals surface area contributed by atoms with E-state index in [1.54, 1.807) is 6.92 Å². The molecule has 0 aromatic rings. The highest BCUT2D eigenvalue weighted by Gasteiger charge is 2.29. The van der Waals surface area contributed by atoms with E-state index in [0.717, 1.165) is 13.1 Å². The number of ether oxygens (including phenoxy) is 2. The van der Waals surface area contributed by atoms with Crippen molar-refractivity contribution in [2.45, 2.75) is 19.1 Å². The summed E-state index contributed by atoms with van der Waals surface area (Å²) in [5, 5.41) is 9.32. The number of carbonyl (C=O) groups is 1. The van der Waals surface area contributed by atoms with Crippen molar-refractivity contribution in [2.75, 3.05) is 52.5 Å². The summed E-state index contributed by atoms with van der Waals surface area (Å²) in [5.41, 5.74) is 0. The first-order valence-corrected chi connectivity index (χ1v) is 6.55. The van der Waals surface area contributed by atoms with Gasteiger partial charge >= 0.3 is 0 Å². The summed E-state index contributed by atoms with van der Waals surface area (Å²) in [4.78, 5) is 16.1. The molecule has 0 aromatic carbocycles. The van der Waals surface area contributed by atoms with Gasteiger partial charge in [-0.25, -0.2) is 0 Å². The molecule has 0 spiro atoms. The smallest absolute Gasteiger partial charge is 0.254 e. The minimum absolute atomic E-state index is 0.0337. The number of aliphatic hydroxyl groups is 1. The highest BCUT2D eigenvalue weighted by molar-refractivity contribution is 5.81. The summed E-state index contributed by atoms with van der Waals surface area (Å²) >= 11 is 0. The number of β-amino-alcohol motifs (C(OH)–C–C–N with tert-alkyl or cyclic N) is 1. The lowest BCUT2D eigenvalue weighted by Crippen LogP contribution is -2.54. The predicted molar refractivity (Wildman–Crippen MR) is 65.3 cm³/mol. The van der Waals surface area contributed by atoms with Gasteiger partial charge in [0.05, 0.1) is 25.9 Å². The molecule has 104 valence electrons. The van der Waals surface area contributed by atoms with Gasteiger partial charge in [-0.05, 0) is 6.92 Å². The minimum atomic E-state index is -0.429. The molecular formula is C12H22N2O4. The van der Waals surface area contributed by atoms with Crippen LogP contribution < -0.4 is 0 Å². The molecule has 6 nitrogen and oxygen atoms in total. The molecule has 2 rings (SSSR count). The third-order valence-corrected chi connectivity index (χ3v) is 3.30. The highest BCUT2D eigenvalue weighted by Crippen LogP contribution is 2.09. The molecule has 2 heterocycles. The van der Waals surface area contributed by atoms with E-state index >= 15 is 0 Å². The minimum Gasteiger partial charge on any atom is -0.392 e. The third-order valence-electron chi connectivity index (χ3n) is 3.30. The molecule has 0 unspecified atom stereocenters. The molecule has 2 saturated heterocycles. The lowest BCUT2D eigenvalue weighted by molar-refractivity contribution is -0.159. The van der Waals surface area contributed by atoms with Crippen LogP contribution in [0.3, 0.4) is 0 Å². The van der Waals surface area contributed by atoms with E-state index in [0.29, 0.717) is 39.5 Å². The second-order valence-electron chi connectivity index (χ2n) is 4.91. The quantitative estimate of drug-likeness (QED) is 0.698. The van der Waals surface area contributed by atoms with E-state index in [-0.39, 0.29) is 12.0 Å². The molecule has 0 radical (unpaired) electrons. The summed E-state index contributed by atoms with van der Waals surface area (Å²) in [6.45, 7) is 6.91. The van der Waals surface area contributed by atoms with E-state index < -0.39 is 6.10 Å². The molecule has 2 aliphatic heterocycles. The number of amides is 1. The van der Waals surface area contributed by atoms with Gasteiger partial charge in [-0.3, -0.25) is 9.69 Å². The molecule has 1 amide bonds. The Hall–Kier alpha value is -0.690. The van der Waals surface area contributed by atoms with Gasteiger partial charge in [0.15, 0.2) is 6.10 Å². The first-order valence-electron chi connectivity index (χ1n) is 6.55. The normalized spacial score (nSPS) is 28.1. The van der Waals surface area contributed by atoms with Crippen LogP contribution in [-0.4, -0.2) is 85.6 Å². The van der Waals surface area contributed by atoms with Gasteiger partial charge in [0.2, 0.25) is 0 Å². The zero-order valence-corrected chi connectivity index (χ0v) is 10.9. The third kappa shape index (κ3) is 3.65. The summed E-state index contributed by atoms with van der Waals surface area (Å²) < 4.78 is 10.7. The maximum Gasteiger partial charge on any atom is 0.254 e. The topological polar surface area (TPSA) is 62.2 Å². The van der Waals surface area contributed by atoms with Gasteiger partial charge in [-0.1, -0.05) is 0 Å². The molecule has 1 N–H and O–H groups in total. The molecule has 0 saturated carbocycles.